The van der Waals surface area contributed by atoms with E-state index in [0.717, 1.165) is 95.9 Å². The van der Waals surface area contributed by atoms with E-state index >= 15 is 0 Å². The van der Waals surface area contributed by atoms with Crippen molar-refractivity contribution in [3.63, 3.8) is 0 Å². The molecule has 3 N–H and O–H groups in total. The maximum absolute atomic E-state index is 13.7. The van der Waals surface area contributed by atoms with Crippen LogP contribution in [-0.2, 0) is 30.3 Å². The van der Waals surface area contributed by atoms with E-state index in [-0.39, 0.29) is 52.5 Å². The van der Waals surface area contributed by atoms with Crippen molar-refractivity contribution in [2.24, 2.45) is 68.8 Å². The summed E-state index contributed by atoms with van der Waals surface area (Å²) < 4.78 is 18.3. The van der Waals surface area contributed by atoms with Gasteiger partial charge in [-0.1, -0.05) is 56.0 Å². The number of nitrogens with zero attached hydrogens (tertiary/aromatic N) is 1. The van der Waals surface area contributed by atoms with Crippen molar-refractivity contribution < 1.29 is 28.4 Å². The van der Waals surface area contributed by atoms with Crippen molar-refractivity contribution in [3.05, 3.63) is 34.7 Å². The molecular formula is C50H69N3O6. The maximum Gasteiger partial charge on any atom is 0.307 e. The zero-order chi connectivity index (χ0) is 41.5. The van der Waals surface area contributed by atoms with Gasteiger partial charge in [-0.2, -0.15) is 0 Å². The molecule has 59 heavy (non-hydrogen) atoms. The van der Waals surface area contributed by atoms with E-state index in [1.807, 2.05) is 6.20 Å². The summed E-state index contributed by atoms with van der Waals surface area (Å²) in [4.78, 5) is 39.6. The second kappa shape index (κ2) is 15.0. The van der Waals surface area contributed by atoms with Gasteiger partial charge in [0.2, 0.25) is 0 Å². The topological polar surface area (TPSA) is 134 Å². The summed E-state index contributed by atoms with van der Waals surface area (Å²) in [6, 6.07) is 0. The van der Waals surface area contributed by atoms with Gasteiger partial charge in [0.05, 0.1) is 19.0 Å². The van der Waals surface area contributed by atoms with Crippen LogP contribution >= 0.6 is 0 Å². The molecule has 0 aliphatic heterocycles. The standard InChI is InChI=1S/C50H69N3O6/c1-7-50(23-19-42-35-10-11-39-36(29-52-25-24-51)45-31(28-53-59-45)27-48(39,5)41(35)18-22-49(42,50)6)58-44(56)15-14-43(55)57-33-16-20-46(3)32(26-33)8-9-34-38-13-12-37(30(2)54)47(38,4)21-17-40(34)46/h1,8,28,33-35,37-38,40-42,52H,9-27,29,51H2,2-6H3/t33-,34?,35?,37+,38?,40?,41?,42?,46-,47+,48-,49-,50-/m0/s1. The molecule has 6 saturated carbocycles. The van der Waals surface area contributed by atoms with Crippen LogP contribution in [0.4, 0.5) is 0 Å². The molecule has 0 bridgehead atoms. The van der Waals surface area contributed by atoms with Crippen LogP contribution < -0.4 is 11.1 Å². The van der Waals surface area contributed by atoms with Gasteiger partial charge in [-0.3, -0.25) is 14.4 Å². The number of terminal acetylenes is 1. The first kappa shape index (κ1) is 41.1. The summed E-state index contributed by atoms with van der Waals surface area (Å²) in [5, 5.41) is 7.75. The molecule has 1 heterocycles. The monoisotopic (exact) mass is 808 g/mol. The van der Waals surface area contributed by atoms with Gasteiger partial charge in [0.25, 0.3) is 0 Å². The number of carbonyl (C=O) groups excluding carboxylic acids is 3. The van der Waals surface area contributed by atoms with Crippen LogP contribution in [0.15, 0.2) is 27.9 Å². The van der Waals surface area contributed by atoms with Gasteiger partial charge in [-0.05, 0) is 149 Å². The molecule has 9 rings (SSSR count). The van der Waals surface area contributed by atoms with Gasteiger partial charge in [0.1, 0.15) is 11.9 Å². The highest BCUT2D eigenvalue weighted by atomic mass is 16.6. The molecule has 8 aliphatic carbocycles. The Morgan fingerprint density at radius 1 is 0.915 bits per heavy atom. The van der Waals surface area contributed by atoms with Crippen molar-refractivity contribution in [2.75, 3.05) is 19.6 Å². The second-order valence-electron chi connectivity index (χ2n) is 21.5. The molecule has 0 saturated heterocycles. The Kier molecular flexibility index (Phi) is 10.5. The molecule has 6 unspecified atom stereocenters. The number of hydrogen-bond acceptors (Lipinski definition) is 9. The number of allylic oxidation sites excluding steroid dienone is 2. The van der Waals surface area contributed by atoms with E-state index in [2.05, 4.69) is 50.2 Å². The number of ether oxygens (including phenoxy) is 2. The third-order valence-electron chi connectivity index (χ3n) is 19.2. The van der Waals surface area contributed by atoms with Crippen LogP contribution in [0.2, 0.25) is 0 Å². The molecular weight excluding hydrogens is 739 g/mol. The summed E-state index contributed by atoms with van der Waals surface area (Å²) in [5.41, 5.74) is 10.2. The zero-order valence-electron chi connectivity index (χ0n) is 36.5. The van der Waals surface area contributed by atoms with Crippen LogP contribution in [0.5, 0.6) is 0 Å². The molecule has 0 radical (unpaired) electrons. The molecule has 8 aliphatic rings. The molecule has 9 heteroatoms. The number of ketones is 1. The smallest absolute Gasteiger partial charge is 0.307 e. The molecule has 0 amide bonds. The zero-order valence-corrected chi connectivity index (χ0v) is 36.5. The molecule has 6 fully saturated rings. The van der Waals surface area contributed by atoms with E-state index < -0.39 is 11.6 Å². The Bertz CT molecular complexity index is 1980. The highest BCUT2D eigenvalue weighted by Crippen LogP contribution is 2.69. The molecule has 1 aromatic heterocycles. The van der Waals surface area contributed by atoms with Gasteiger partial charge < -0.3 is 25.0 Å². The van der Waals surface area contributed by atoms with E-state index in [0.29, 0.717) is 54.3 Å². The largest absolute Gasteiger partial charge is 0.462 e. The lowest BCUT2D eigenvalue weighted by atomic mass is 9.46. The van der Waals surface area contributed by atoms with Crippen LogP contribution in [-0.4, -0.2) is 54.2 Å². The number of hydrogen-bond donors (Lipinski definition) is 2. The van der Waals surface area contributed by atoms with Crippen molar-refractivity contribution in [2.45, 2.75) is 155 Å². The Morgan fingerprint density at radius 2 is 1.68 bits per heavy atom. The molecule has 13 atom stereocenters. The SMILES string of the molecule is C#C[C@]1(OC(=O)CCC(=O)O[C@H]2CC[C@@]3(C)C(=CCC4C3CC[C@@]3(C)C4CC[C@@H]3C(C)=O)C2)CCC2C3CCC4=C(CNCCN)c5oncc5C[C@]4(C)C3CC[C@@]21C. The van der Waals surface area contributed by atoms with E-state index in [1.54, 1.807) is 6.92 Å². The third-order valence-corrected chi connectivity index (χ3v) is 19.2. The Balaban J connectivity index is 0.811. The first-order chi connectivity index (χ1) is 28.2. The number of Topliss-reactive ketones (excluding diaryl/α,β-unsaturated/α-hetero) is 1. The summed E-state index contributed by atoms with van der Waals surface area (Å²) >= 11 is 0. The van der Waals surface area contributed by atoms with Crippen LogP contribution in [0.3, 0.4) is 0 Å². The van der Waals surface area contributed by atoms with Gasteiger partial charge in [-0.15, -0.1) is 6.42 Å². The van der Waals surface area contributed by atoms with E-state index in [4.69, 9.17) is 26.2 Å². The summed E-state index contributed by atoms with van der Waals surface area (Å²) in [5.74, 6) is 7.06. The highest BCUT2D eigenvalue weighted by Gasteiger charge is 2.66. The van der Waals surface area contributed by atoms with E-state index in [1.165, 1.54) is 35.1 Å². The fourth-order valence-electron chi connectivity index (χ4n) is 16.2. The highest BCUT2D eigenvalue weighted by molar-refractivity contribution is 5.80. The lowest BCUT2D eigenvalue weighted by Crippen LogP contribution is -2.56. The number of rotatable bonds is 10. The average molecular weight is 808 g/mol. The fourth-order valence-corrected chi connectivity index (χ4v) is 16.2. The normalized spacial score (nSPS) is 43.0. The predicted octanol–water partition coefficient (Wildman–Crippen LogP) is 8.55. The number of fused-ring (bicyclic) bond motifs is 11. The van der Waals surface area contributed by atoms with Crippen molar-refractivity contribution in [1.82, 2.24) is 10.5 Å². The lowest BCUT2D eigenvalue weighted by molar-refractivity contribution is -0.173. The average Bonchev–Trinajstić information content (AvgIpc) is 3.90. The Morgan fingerprint density at radius 3 is 2.46 bits per heavy atom. The quantitative estimate of drug-likeness (QED) is 0.103. The van der Waals surface area contributed by atoms with Crippen LogP contribution in [0.1, 0.15) is 149 Å². The predicted molar refractivity (Wildman–Crippen MR) is 226 cm³/mol. The minimum absolute atomic E-state index is 0.000212. The fraction of sp³-hybridized carbons (Fsp3) is 0.760. The molecule has 9 nitrogen and oxygen atoms in total. The summed E-state index contributed by atoms with van der Waals surface area (Å²) in [6.07, 6.45) is 25.4. The number of nitrogens with two attached hydrogens (primary N) is 1. The van der Waals surface area contributed by atoms with Gasteiger partial charge in [-0.25, -0.2) is 0 Å². The van der Waals surface area contributed by atoms with Gasteiger partial charge in [0, 0.05) is 48.5 Å². The third kappa shape index (κ3) is 6.29. The Labute approximate surface area is 352 Å². The molecule has 1 aromatic rings. The van der Waals surface area contributed by atoms with Crippen molar-refractivity contribution in [3.8, 4) is 12.3 Å². The molecule has 0 aromatic carbocycles. The molecule has 320 valence electrons. The van der Waals surface area contributed by atoms with Crippen molar-refractivity contribution >= 4 is 23.3 Å². The van der Waals surface area contributed by atoms with Gasteiger partial charge in [0.15, 0.2) is 11.4 Å². The van der Waals surface area contributed by atoms with Crippen molar-refractivity contribution in [1.29, 1.82) is 0 Å². The number of carbonyl (C=O) groups is 3. The van der Waals surface area contributed by atoms with Gasteiger partial charge >= 0.3 is 11.9 Å². The maximum atomic E-state index is 13.7. The Hall–Kier alpha value is -3.22. The summed E-state index contributed by atoms with van der Waals surface area (Å²) in [6.45, 7) is 13.5. The molecule has 0 spiro atoms. The number of esters is 2. The first-order valence-electron chi connectivity index (χ1n) is 23.4. The van der Waals surface area contributed by atoms with Crippen LogP contribution in [0, 0.1) is 75.4 Å². The second-order valence-corrected chi connectivity index (χ2v) is 21.5. The first-order valence-corrected chi connectivity index (χ1v) is 23.4. The lowest BCUT2D eigenvalue weighted by Gasteiger charge is -2.59. The van der Waals surface area contributed by atoms with Crippen LogP contribution in [0.25, 0.3) is 5.57 Å². The minimum Gasteiger partial charge on any atom is -0.462 e. The number of nitrogens with one attached hydrogen (secondary N) is 1. The number of aromatic nitrogens is 1. The minimum atomic E-state index is -0.979. The van der Waals surface area contributed by atoms with E-state index in [9.17, 15) is 14.4 Å². The summed E-state index contributed by atoms with van der Waals surface area (Å²) in [7, 11) is 0.